The second-order valence-electron chi connectivity index (χ2n) is 7.35. The third kappa shape index (κ3) is 5.48. The molecule has 5 heteroatoms. The van der Waals surface area contributed by atoms with Crippen LogP contribution in [-0.4, -0.2) is 54.4 Å². The zero-order valence-corrected chi connectivity index (χ0v) is 15.8. The van der Waals surface area contributed by atoms with Gasteiger partial charge in [-0.15, -0.1) is 0 Å². The summed E-state index contributed by atoms with van der Waals surface area (Å²) >= 11 is 0. The average Bonchev–Trinajstić information content (AvgIpc) is 2.85. The molecule has 2 amide bonds. The molecule has 1 aliphatic heterocycles. The molecule has 1 aliphatic rings. The molecule has 1 fully saturated rings. The summed E-state index contributed by atoms with van der Waals surface area (Å²) in [5.41, 5.74) is 0.667. The van der Waals surface area contributed by atoms with Crippen LogP contribution in [0.5, 0.6) is 5.75 Å². The summed E-state index contributed by atoms with van der Waals surface area (Å²) in [4.78, 5) is 28.6. The summed E-state index contributed by atoms with van der Waals surface area (Å²) in [6, 6.07) is 7.34. The first kappa shape index (κ1) is 19.3. The molecule has 25 heavy (non-hydrogen) atoms. The van der Waals surface area contributed by atoms with E-state index in [2.05, 4.69) is 13.8 Å². The van der Waals surface area contributed by atoms with E-state index in [9.17, 15) is 9.59 Å². The molecule has 0 spiro atoms. The van der Waals surface area contributed by atoms with Crippen molar-refractivity contribution in [3.05, 3.63) is 29.8 Å². The Balaban J connectivity index is 1.95. The lowest BCUT2D eigenvalue weighted by atomic mass is 10.2. The van der Waals surface area contributed by atoms with Crippen LogP contribution >= 0.6 is 0 Å². The lowest BCUT2D eigenvalue weighted by Gasteiger charge is -2.23. The maximum atomic E-state index is 12.7. The van der Waals surface area contributed by atoms with Crippen molar-refractivity contribution in [2.45, 2.75) is 34.1 Å². The first-order valence-electron chi connectivity index (χ1n) is 9.19. The van der Waals surface area contributed by atoms with Gasteiger partial charge in [-0.25, -0.2) is 0 Å². The fourth-order valence-corrected chi connectivity index (χ4v) is 2.85. The molecule has 0 aliphatic carbocycles. The minimum Gasteiger partial charge on any atom is -0.493 e. The molecule has 0 unspecified atom stereocenters. The molecule has 0 bridgehead atoms. The van der Waals surface area contributed by atoms with Crippen LogP contribution in [0.25, 0.3) is 0 Å². The fourth-order valence-electron chi connectivity index (χ4n) is 2.85. The minimum atomic E-state index is 0.000588. The molecule has 5 nitrogen and oxygen atoms in total. The van der Waals surface area contributed by atoms with Crippen molar-refractivity contribution >= 4 is 11.8 Å². The summed E-state index contributed by atoms with van der Waals surface area (Å²) in [6.45, 7) is 11.3. The molecule has 2 rings (SSSR count). The number of amides is 2. The van der Waals surface area contributed by atoms with Gasteiger partial charge in [0, 0.05) is 37.7 Å². The zero-order chi connectivity index (χ0) is 18.4. The number of carbonyl (C=O) groups is 2. The van der Waals surface area contributed by atoms with Crippen molar-refractivity contribution in [2.24, 2.45) is 11.8 Å². The first-order chi connectivity index (χ1) is 11.9. The van der Waals surface area contributed by atoms with Crippen molar-refractivity contribution in [3.63, 3.8) is 0 Å². The highest BCUT2D eigenvalue weighted by Crippen LogP contribution is 2.16. The predicted octanol–water partition coefficient (Wildman–Crippen LogP) is 3.05. The van der Waals surface area contributed by atoms with Gasteiger partial charge in [0.05, 0.1) is 6.61 Å². The van der Waals surface area contributed by atoms with Crippen molar-refractivity contribution in [2.75, 3.05) is 32.8 Å². The third-order valence-electron chi connectivity index (χ3n) is 4.27. The molecule has 1 aromatic carbocycles. The van der Waals surface area contributed by atoms with Gasteiger partial charge in [-0.3, -0.25) is 9.59 Å². The van der Waals surface area contributed by atoms with Gasteiger partial charge < -0.3 is 14.5 Å². The van der Waals surface area contributed by atoms with Gasteiger partial charge in [-0.2, -0.15) is 0 Å². The molecule has 1 aromatic rings. The summed E-state index contributed by atoms with van der Waals surface area (Å²) in [7, 11) is 0. The highest BCUT2D eigenvalue weighted by molar-refractivity contribution is 5.94. The number of nitrogens with zero attached hydrogens (tertiary/aromatic N) is 2. The lowest BCUT2D eigenvalue weighted by Crippen LogP contribution is -2.38. The number of ether oxygens (including phenoxy) is 1. The molecule has 0 N–H and O–H groups in total. The summed E-state index contributed by atoms with van der Waals surface area (Å²) in [5.74, 6) is 1.44. The standard InChI is InChI=1S/C20H30N2O3/c1-15(2)14-25-18-8-6-17(7-9-18)20(24)22-11-5-10-21(12-13-22)19(23)16(3)4/h6-9,15-16H,5,10-14H2,1-4H3. The SMILES string of the molecule is CC(C)COc1ccc(C(=O)N2CCCN(C(=O)C(C)C)CC2)cc1. The summed E-state index contributed by atoms with van der Waals surface area (Å²) in [6.07, 6.45) is 0.819. The third-order valence-corrected chi connectivity index (χ3v) is 4.27. The molecule has 1 heterocycles. The van der Waals surface area contributed by atoms with E-state index in [0.717, 1.165) is 18.7 Å². The largest absolute Gasteiger partial charge is 0.493 e. The van der Waals surface area contributed by atoms with Crippen LogP contribution in [0.3, 0.4) is 0 Å². The topological polar surface area (TPSA) is 49.9 Å². The minimum absolute atomic E-state index is 0.000588. The Hall–Kier alpha value is -2.04. The predicted molar refractivity (Wildman–Crippen MR) is 98.7 cm³/mol. The van der Waals surface area contributed by atoms with Gasteiger partial charge in [0.25, 0.3) is 5.91 Å². The Bertz CT molecular complexity index is 581. The van der Waals surface area contributed by atoms with Crippen LogP contribution in [0.4, 0.5) is 0 Å². The maximum Gasteiger partial charge on any atom is 0.253 e. The van der Waals surface area contributed by atoms with Gasteiger partial charge in [-0.05, 0) is 36.6 Å². The molecule has 0 radical (unpaired) electrons. The van der Waals surface area contributed by atoms with E-state index in [0.29, 0.717) is 37.7 Å². The Morgan fingerprint density at radius 3 is 2.16 bits per heavy atom. The zero-order valence-electron chi connectivity index (χ0n) is 15.8. The number of hydrogen-bond donors (Lipinski definition) is 0. The van der Waals surface area contributed by atoms with E-state index < -0.39 is 0 Å². The van der Waals surface area contributed by atoms with Crippen molar-refractivity contribution in [3.8, 4) is 5.75 Å². The average molecular weight is 346 g/mol. The molecule has 1 saturated heterocycles. The highest BCUT2D eigenvalue weighted by Gasteiger charge is 2.24. The monoisotopic (exact) mass is 346 g/mol. The smallest absolute Gasteiger partial charge is 0.253 e. The van der Waals surface area contributed by atoms with E-state index in [1.165, 1.54) is 0 Å². The van der Waals surface area contributed by atoms with E-state index >= 15 is 0 Å². The highest BCUT2D eigenvalue weighted by atomic mass is 16.5. The lowest BCUT2D eigenvalue weighted by molar-refractivity contribution is -0.134. The van der Waals surface area contributed by atoms with Gasteiger partial charge in [0.1, 0.15) is 5.75 Å². The molecule has 0 aromatic heterocycles. The number of hydrogen-bond acceptors (Lipinski definition) is 3. The van der Waals surface area contributed by atoms with Crippen LogP contribution < -0.4 is 4.74 Å². The van der Waals surface area contributed by atoms with Crippen LogP contribution in [-0.2, 0) is 4.79 Å². The van der Waals surface area contributed by atoms with Crippen molar-refractivity contribution in [1.29, 1.82) is 0 Å². The fraction of sp³-hybridized carbons (Fsp3) is 0.600. The van der Waals surface area contributed by atoms with Crippen LogP contribution in [0.1, 0.15) is 44.5 Å². The Kier molecular flexibility index (Phi) is 6.85. The van der Waals surface area contributed by atoms with Crippen molar-refractivity contribution in [1.82, 2.24) is 9.80 Å². The van der Waals surface area contributed by atoms with Gasteiger partial charge in [0.2, 0.25) is 5.91 Å². The molecule has 0 saturated carbocycles. The first-order valence-corrected chi connectivity index (χ1v) is 9.19. The second kappa shape index (κ2) is 8.88. The van der Waals surface area contributed by atoms with Crippen LogP contribution in [0.2, 0.25) is 0 Å². The quantitative estimate of drug-likeness (QED) is 0.823. The Morgan fingerprint density at radius 1 is 0.960 bits per heavy atom. The van der Waals surface area contributed by atoms with Crippen LogP contribution in [0, 0.1) is 11.8 Å². The second-order valence-corrected chi connectivity index (χ2v) is 7.35. The number of rotatable bonds is 5. The van der Waals surface area contributed by atoms with Gasteiger partial charge in [-0.1, -0.05) is 27.7 Å². The van der Waals surface area contributed by atoms with Gasteiger partial charge in [0.15, 0.2) is 0 Å². The van der Waals surface area contributed by atoms with Crippen molar-refractivity contribution < 1.29 is 14.3 Å². The summed E-state index contributed by atoms with van der Waals surface area (Å²) < 4.78 is 5.66. The van der Waals surface area contributed by atoms with Crippen LogP contribution in [0.15, 0.2) is 24.3 Å². The number of carbonyl (C=O) groups excluding carboxylic acids is 2. The molecule has 138 valence electrons. The van der Waals surface area contributed by atoms with E-state index in [4.69, 9.17) is 4.74 Å². The maximum absolute atomic E-state index is 12.7. The summed E-state index contributed by atoms with van der Waals surface area (Å²) in [5, 5.41) is 0. The van der Waals surface area contributed by atoms with E-state index in [1.807, 2.05) is 47.9 Å². The van der Waals surface area contributed by atoms with E-state index in [1.54, 1.807) is 0 Å². The van der Waals surface area contributed by atoms with Gasteiger partial charge >= 0.3 is 0 Å². The Morgan fingerprint density at radius 2 is 1.56 bits per heavy atom. The Labute approximate surface area is 150 Å². The molecular weight excluding hydrogens is 316 g/mol. The number of benzene rings is 1. The molecule has 0 atom stereocenters. The van der Waals surface area contributed by atoms with E-state index in [-0.39, 0.29) is 17.7 Å². The molecular formula is C20H30N2O3. The normalized spacial score (nSPS) is 15.4.